The fourth-order valence-electron chi connectivity index (χ4n) is 5.79. The van der Waals surface area contributed by atoms with E-state index in [-0.39, 0.29) is 12.6 Å². The van der Waals surface area contributed by atoms with Gasteiger partial charge in [-0.2, -0.15) is 8.42 Å². The third kappa shape index (κ3) is 11.6. The van der Waals surface area contributed by atoms with Gasteiger partial charge in [0.25, 0.3) is 0 Å². The maximum absolute atomic E-state index is 11.5. The van der Waals surface area contributed by atoms with Gasteiger partial charge in [-0.25, -0.2) is 4.18 Å². The summed E-state index contributed by atoms with van der Waals surface area (Å²) in [6, 6.07) is -1.31. The first kappa shape index (κ1) is 42.2. The molecule has 3 rings (SSSR count). The van der Waals surface area contributed by atoms with Gasteiger partial charge < -0.3 is 74.6 Å². The lowest BCUT2D eigenvalue weighted by atomic mass is 9.95. The van der Waals surface area contributed by atoms with Crippen LogP contribution in [0.2, 0.25) is 0 Å². The summed E-state index contributed by atoms with van der Waals surface area (Å²) in [5, 5.41) is 72.4. The van der Waals surface area contributed by atoms with Crippen LogP contribution in [0.3, 0.4) is 0 Å². The van der Waals surface area contributed by atoms with Gasteiger partial charge in [0.1, 0.15) is 61.0 Å². The van der Waals surface area contributed by atoms with Crippen LogP contribution < -0.4 is 5.73 Å². The lowest BCUT2D eigenvalue weighted by molar-refractivity contribution is -0.370. The van der Waals surface area contributed by atoms with Crippen LogP contribution in [-0.4, -0.2) is 174 Å². The maximum Gasteiger partial charge on any atom is 0.397 e. The Labute approximate surface area is 283 Å². The second-order valence-corrected chi connectivity index (χ2v) is 13.2. The minimum atomic E-state index is -5.23. The van der Waals surface area contributed by atoms with Crippen LogP contribution in [0.25, 0.3) is 0 Å². The molecule has 3 aliphatic heterocycles. The molecule has 21 heteroatoms. The number of unbranched alkanes of at least 4 members (excludes halogenated alkanes) is 5. The van der Waals surface area contributed by atoms with Crippen LogP contribution in [0.15, 0.2) is 0 Å². The van der Waals surface area contributed by atoms with E-state index in [1.165, 1.54) is 14.0 Å². The zero-order valence-electron chi connectivity index (χ0n) is 27.3. The molecule has 0 spiro atoms. The molecular formula is C28H51NO19S. The van der Waals surface area contributed by atoms with Gasteiger partial charge in [-0.05, 0) is 19.8 Å². The summed E-state index contributed by atoms with van der Waals surface area (Å²) in [4.78, 5) is 11.2. The maximum atomic E-state index is 11.5. The van der Waals surface area contributed by atoms with Gasteiger partial charge in [-0.1, -0.05) is 25.7 Å². The number of aliphatic hydroxyl groups excluding tert-OH is 7. The number of rotatable bonds is 18. The normalized spacial score (nSPS) is 40.3. The number of methoxy groups -OCH3 is 1. The van der Waals surface area contributed by atoms with Crippen molar-refractivity contribution in [2.24, 2.45) is 5.73 Å². The second kappa shape index (κ2) is 19.6. The van der Waals surface area contributed by atoms with Crippen molar-refractivity contribution < 1.29 is 90.9 Å². The van der Waals surface area contributed by atoms with Crippen molar-refractivity contribution in [1.29, 1.82) is 0 Å². The molecule has 3 saturated heterocycles. The Kier molecular flexibility index (Phi) is 16.9. The summed E-state index contributed by atoms with van der Waals surface area (Å²) in [5.41, 5.74) is 6.50. The Morgan fingerprint density at radius 2 is 1.29 bits per heavy atom. The number of hydrogen-bond acceptors (Lipinski definition) is 19. The molecule has 0 aromatic heterocycles. The van der Waals surface area contributed by atoms with E-state index in [0.717, 1.165) is 25.7 Å². The van der Waals surface area contributed by atoms with Gasteiger partial charge in [0.2, 0.25) is 0 Å². The van der Waals surface area contributed by atoms with E-state index in [1.807, 2.05) is 0 Å². The molecule has 49 heavy (non-hydrogen) atoms. The zero-order chi connectivity index (χ0) is 36.5. The molecule has 20 nitrogen and oxygen atoms in total. The van der Waals surface area contributed by atoms with E-state index in [2.05, 4.69) is 8.92 Å². The van der Waals surface area contributed by atoms with E-state index in [4.69, 9.17) is 34.2 Å². The molecular weight excluding hydrogens is 686 g/mol. The fourth-order valence-corrected chi connectivity index (χ4v) is 6.30. The van der Waals surface area contributed by atoms with Crippen molar-refractivity contribution in [2.45, 2.75) is 144 Å². The van der Waals surface area contributed by atoms with Crippen molar-refractivity contribution in [3.05, 3.63) is 0 Å². The number of nitrogens with two attached hydrogens (primary N) is 1. The monoisotopic (exact) mass is 737 g/mol. The molecule has 0 unspecified atom stereocenters. The number of aliphatic hydroxyl groups is 7. The number of hydrogen-bond donors (Lipinski definition) is 9. The molecule has 3 aliphatic rings. The molecule has 0 aliphatic carbocycles. The molecule has 0 amide bonds. The Bertz CT molecular complexity index is 1100. The average molecular weight is 738 g/mol. The van der Waals surface area contributed by atoms with E-state index < -0.39 is 116 Å². The van der Waals surface area contributed by atoms with Crippen LogP contribution in [0, 0.1) is 0 Å². The highest BCUT2D eigenvalue weighted by Crippen LogP contribution is 2.34. The minimum Gasteiger partial charge on any atom is -0.469 e. The molecule has 288 valence electrons. The fraction of sp³-hybridized carbons (Fsp3) is 0.964. The molecule has 3 fully saturated rings. The standard InChI is InChI=1S/C28H51NO19S/c1-13-18(33)20(35)21(36)27(43-13)46-23-15(12-31)45-26(42-10-8-6-4-3-5-7-9-16(32)41-2)17(29)24(23)47-28-22(37)25(48-49(38,39)40)19(34)14(11-30)44-28/h13-15,17-28,30-31,33-37H,3-12,29H2,1-2H3,(H,38,39,40)/t13-,14+,15+,17+,18+,19-,20+,21-,22+,23+,24+,25-,26+,27-,28-/m0/s1. The van der Waals surface area contributed by atoms with Gasteiger partial charge in [-0.3, -0.25) is 9.35 Å². The third-order valence-electron chi connectivity index (χ3n) is 8.60. The Morgan fingerprint density at radius 3 is 1.90 bits per heavy atom. The second-order valence-electron chi connectivity index (χ2n) is 12.2. The first-order valence-corrected chi connectivity index (χ1v) is 17.5. The number of carbonyl (C=O) groups is 1. The zero-order valence-corrected chi connectivity index (χ0v) is 28.1. The molecule has 0 saturated carbocycles. The summed E-state index contributed by atoms with van der Waals surface area (Å²) in [7, 11) is -3.89. The Morgan fingerprint density at radius 1 is 0.714 bits per heavy atom. The molecule has 3 heterocycles. The first-order valence-electron chi connectivity index (χ1n) is 16.1. The quantitative estimate of drug-likeness (QED) is 0.0370. The van der Waals surface area contributed by atoms with E-state index in [0.29, 0.717) is 19.3 Å². The highest BCUT2D eigenvalue weighted by atomic mass is 32.3. The number of carbonyl (C=O) groups excluding carboxylic acids is 1. The summed E-state index contributed by atoms with van der Waals surface area (Å²) < 4.78 is 75.9. The summed E-state index contributed by atoms with van der Waals surface area (Å²) >= 11 is 0. The molecule has 15 atom stereocenters. The van der Waals surface area contributed by atoms with Crippen LogP contribution in [0.4, 0.5) is 0 Å². The molecule has 10 N–H and O–H groups in total. The molecule has 0 aromatic carbocycles. The van der Waals surface area contributed by atoms with Crippen LogP contribution in [-0.2, 0) is 52.5 Å². The summed E-state index contributed by atoms with van der Waals surface area (Å²) in [6.45, 7) is -0.0957. The van der Waals surface area contributed by atoms with Crippen LogP contribution in [0.1, 0.15) is 51.9 Å². The van der Waals surface area contributed by atoms with Crippen molar-refractivity contribution >= 4 is 16.4 Å². The highest BCUT2D eigenvalue weighted by Gasteiger charge is 2.54. The van der Waals surface area contributed by atoms with Crippen molar-refractivity contribution in [1.82, 2.24) is 0 Å². The largest absolute Gasteiger partial charge is 0.469 e. The number of ether oxygens (including phenoxy) is 7. The predicted molar refractivity (Wildman–Crippen MR) is 160 cm³/mol. The summed E-state index contributed by atoms with van der Waals surface area (Å²) in [5.74, 6) is -0.261. The van der Waals surface area contributed by atoms with Gasteiger partial charge >= 0.3 is 16.4 Å². The minimum absolute atomic E-state index is 0.147. The number of esters is 1. The van der Waals surface area contributed by atoms with Gasteiger partial charge in [-0.15, -0.1) is 0 Å². The predicted octanol–water partition coefficient (Wildman–Crippen LogP) is -3.82. The average Bonchev–Trinajstić information content (AvgIpc) is 3.06. The third-order valence-corrected chi connectivity index (χ3v) is 9.07. The Balaban J connectivity index is 1.76. The topological polar surface area (TPSA) is 313 Å². The summed E-state index contributed by atoms with van der Waals surface area (Å²) in [6.07, 6.45) is -17.8. The molecule has 0 aromatic rings. The lowest BCUT2D eigenvalue weighted by Gasteiger charge is -2.49. The van der Waals surface area contributed by atoms with E-state index >= 15 is 0 Å². The van der Waals surface area contributed by atoms with Crippen molar-refractivity contribution in [3.8, 4) is 0 Å². The van der Waals surface area contributed by atoms with E-state index in [1.54, 1.807) is 0 Å². The van der Waals surface area contributed by atoms with Crippen LogP contribution >= 0.6 is 0 Å². The highest BCUT2D eigenvalue weighted by molar-refractivity contribution is 7.80. The SMILES string of the molecule is COC(=O)CCCCCCCCO[C@@H]1O[C@H](CO)[C@@H](O[C@@H]2O[C@@H](C)[C@@H](O)[C@@H](O)[C@@H]2O)[C@H](O[C@@H]2O[C@H](CO)[C@H](O)[C@H](OS(=O)(=O)O)[C@H]2O)[C@H]1N. The van der Waals surface area contributed by atoms with Crippen LogP contribution in [0.5, 0.6) is 0 Å². The lowest BCUT2D eigenvalue weighted by Crippen LogP contribution is -2.69. The van der Waals surface area contributed by atoms with Gasteiger partial charge in [0, 0.05) is 13.0 Å². The smallest absolute Gasteiger partial charge is 0.397 e. The van der Waals surface area contributed by atoms with Crippen molar-refractivity contribution in [2.75, 3.05) is 26.9 Å². The van der Waals surface area contributed by atoms with E-state index in [9.17, 15) is 53.5 Å². The first-order chi connectivity index (χ1) is 23.1. The Hall–Kier alpha value is -1.22. The van der Waals surface area contributed by atoms with Gasteiger partial charge in [0.15, 0.2) is 18.9 Å². The van der Waals surface area contributed by atoms with Gasteiger partial charge in [0.05, 0.1) is 32.5 Å². The molecule has 0 bridgehead atoms. The molecule has 0 radical (unpaired) electrons. The van der Waals surface area contributed by atoms with Crippen molar-refractivity contribution in [3.63, 3.8) is 0 Å².